The van der Waals surface area contributed by atoms with Gasteiger partial charge < -0.3 is 4.98 Å². The van der Waals surface area contributed by atoms with Crippen molar-refractivity contribution in [3.05, 3.63) is 35.0 Å². The van der Waals surface area contributed by atoms with E-state index >= 15 is 0 Å². The predicted molar refractivity (Wildman–Crippen MR) is 73.6 cm³/mol. The van der Waals surface area contributed by atoms with Crippen molar-refractivity contribution in [3.8, 4) is 6.07 Å². The SMILES string of the molecule is CCc1ccc2[nH]c3c(c2c1)C(CC#N)CCC3. The molecule has 0 fully saturated rings. The second kappa shape index (κ2) is 4.49. The Bertz CT molecular complexity index is 616. The summed E-state index contributed by atoms with van der Waals surface area (Å²) in [6.07, 6.45) is 5.21. The Kier molecular flexibility index (Phi) is 2.83. The van der Waals surface area contributed by atoms with Gasteiger partial charge in [-0.15, -0.1) is 0 Å². The van der Waals surface area contributed by atoms with Crippen LogP contribution in [0, 0.1) is 11.3 Å². The lowest BCUT2D eigenvalue weighted by Crippen LogP contribution is -2.08. The molecule has 2 heteroatoms. The zero-order valence-electron chi connectivity index (χ0n) is 10.8. The zero-order valence-corrected chi connectivity index (χ0v) is 10.8. The topological polar surface area (TPSA) is 39.6 Å². The van der Waals surface area contributed by atoms with Gasteiger partial charge in [-0.1, -0.05) is 13.0 Å². The Hall–Kier alpha value is -1.75. The predicted octanol–water partition coefficient (Wildman–Crippen LogP) is 4.06. The number of benzene rings is 1. The summed E-state index contributed by atoms with van der Waals surface area (Å²) in [4.78, 5) is 3.55. The maximum atomic E-state index is 8.99. The number of nitrogens with one attached hydrogen (secondary N) is 1. The fourth-order valence-corrected chi connectivity index (χ4v) is 3.18. The minimum absolute atomic E-state index is 0.430. The number of hydrogen-bond acceptors (Lipinski definition) is 1. The summed E-state index contributed by atoms with van der Waals surface area (Å²) < 4.78 is 0. The van der Waals surface area contributed by atoms with E-state index in [9.17, 15) is 0 Å². The van der Waals surface area contributed by atoms with Gasteiger partial charge >= 0.3 is 0 Å². The lowest BCUT2D eigenvalue weighted by Gasteiger charge is -2.20. The Labute approximate surface area is 108 Å². The number of aryl methyl sites for hydroxylation is 2. The molecule has 0 amide bonds. The zero-order chi connectivity index (χ0) is 12.5. The molecule has 1 heterocycles. The molecule has 1 aliphatic rings. The van der Waals surface area contributed by atoms with Crippen molar-refractivity contribution < 1.29 is 0 Å². The van der Waals surface area contributed by atoms with Crippen molar-refractivity contribution in [2.24, 2.45) is 0 Å². The van der Waals surface area contributed by atoms with E-state index in [0.717, 1.165) is 19.3 Å². The number of nitrogens with zero attached hydrogens (tertiary/aromatic N) is 1. The number of aromatic nitrogens is 1. The largest absolute Gasteiger partial charge is 0.358 e. The first-order valence-corrected chi connectivity index (χ1v) is 6.83. The van der Waals surface area contributed by atoms with E-state index < -0.39 is 0 Å². The average Bonchev–Trinajstić information content (AvgIpc) is 2.77. The minimum Gasteiger partial charge on any atom is -0.358 e. The van der Waals surface area contributed by atoms with Crippen LogP contribution in [-0.4, -0.2) is 4.98 Å². The average molecular weight is 238 g/mol. The van der Waals surface area contributed by atoms with Gasteiger partial charge in [0.25, 0.3) is 0 Å². The van der Waals surface area contributed by atoms with E-state index in [1.807, 2.05) is 0 Å². The first kappa shape index (κ1) is 11.3. The number of fused-ring (bicyclic) bond motifs is 3. The summed E-state index contributed by atoms with van der Waals surface area (Å²) in [5, 5.41) is 10.3. The fourth-order valence-electron chi connectivity index (χ4n) is 3.18. The van der Waals surface area contributed by atoms with Crippen LogP contribution < -0.4 is 0 Å². The molecular formula is C16H18N2. The summed E-state index contributed by atoms with van der Waals surface area (Å²) in [6, 6.07) is 9.04. The third kappa shape index (κ3) is 1.71. The van der Waals surface area contributed by atoms with Gasteiger partial charge in [0.15, 0.2) is 0 Å². The quantitative estimate of drug-likeness (QED) is 0.841. The molecule has 2 aromatic rings. The van der Waals surface area contributed by atoms with Gasteiger partial charge in [0.05, 0.1) is 6.07 Å². The molecule has 0 radical (unpaired) electrons. The van der Waals surface area contributed by atoms with Gasteiger partial charge in [0, 0.05) is 23.0 Å². The molecule has 1 aliphatic carbocycles. The van der Waals surface area contributed by atoms with Crippen molar-refractivity contribution in [3.63, 3.8) is 0 Å². The monoisotopic (exact) mass is 238 g/mol. The smallest absolute Gasteiger partial charge is 0.0628 e. The highest BCUT2D eigenvalue weighted by Gasteiger charge is 2.24. The molecular weight excluding hydrogens is 220 g/mol. The number of hydrogen-bond donors (Lipinski definition) is 1. The first-order valence-electron chi connectivity index (χ1n) is 6.83. The lowest BCUT2D eigenvalue weighted by molar-refractivity contribution is 0.561. The standard InChI is InChI=1S/C16H18N2/c1-2-11-6-7-14-13(10-11)16-12(8-9-17)4-3-5-15(16)18-14/h6-7,10,12,18H,2-5,8H2,1H3. The second-order valence-electron chi connectivity index (χ2n) is 5.20. The summed E-state index contributed by atoms with van der Waals surface area (Å²) in [5.74, 6) is 0.430. The van der Waals surface area contributed by atoms with Gasteiger partial charge in [0.2, 0.25) is 0 Å². The molecule has 0 spiro atoms. The van der Waals surface area contributed by atoms with Gasteiger partial charge in [-0.05, 0) is 54.9 Å². The molecule has 1 aromatic carbocycles. The van der Waals surface area contributed by atoms with Crippen LogP contribution in [0.15, 0.2) is 18.2 Å². The van der Waals surface area contributed by atoms with E-state index in [1.165, 1.54) is 34.1 Å². The van der Waals surface area contributed by atoms with Crippen molar-refractivity contribution in [2.75, 3.05) is 0 Å². The van der Waals surface area contributed by atoms with Gasteiger partial charge in [0.1, 0.15) is 0 Å². The van der Waals surface area contributed by atoms with Crippen molar-refractivity contribution in [2.45, 2.75) is 44.9 Å². The maximum Gasteiger partial charge on any atom is 0.0628 e. The summed E-state index contributed by atoms with van der Waals surface area (Å²) in [6.45, 7) is 2.19. The molecule has 3 rings (SSSR count). The van der Waals surface area contributed by atoms with Crippen LogP contribution in [0.5, 0.6) is 0 Å². The van der Waals surface area contributed by atoms with Gasteiger partial charge in [-0.2, -0.15) is 5.26 Å². The highest BCUT2D eigenvalue weighted by atomic mass is 14.7. The Morgan fingerprint density at radius 2 is 2.33 bits per heavy atom. The van der Waals surface area contributed by atoms with Crippen LogP contribution >= 0.6 is 0 Å². The summed E-state index contributed by atoms with van der Waals surface area (Å²) in [7, 11) is 0. The molecule has 0 saturated heterocycles. The first-order chi connectivity index (χ1) is 8.83. The Balaban J connectivity index is 2.19. The van der Waals surface area contributed by atoms with E-state index in [1.54, 1.807) is 0 Å². The van der Waals surface area contributed by atoms with Crippen LogP contribution in [-0.2, 0) is 12.8 Å². The summed E-state index contributed by atoms with van der Waals surface area (Å²) >= 11 is 0. The number of rotatable bonds is 2. The molecule has 0 bridgehead atoms. The van der Waals surface area contributed by atoms with Crippen LogP contribution in [0.4, 0.5) is 0 Å². The third-order valence-corrected chi connectivity index (χ3v) is 4.12. The van der Waals surface area contributed by atoms with Crippen LogP contribution in [0.1, 0.15) is 48.9 Å². The molecule has 18 heavy (non-hydrogen) atoms. The van der Waals surface area contributed by atoms with Crippen molar-refractivity contribution in [1.82, 2.24) is 4.98 Å². The van der Waals surface area contributed by atoms with E-state index in [4.69, 9.17) is 5.26 Å². The third-order valence-electron chi connectivity index (χ3n) is 4.12. The van der Waals surface area contributed by atoms with Crippen molar-refractivity contribution in [1.29, 1.82) is 5.26 Å². The van der Waals surface area contributed by atoms with Crippen LogP contribution in [0.2, 0.25) is 0 Å². The molecule has 1 aromatic heterocycles. The lowest BCUT2D eigenvalue weighted by atomic mass is 9.83. The fraction of sp³-hybridized carbons (Fsp3) is 0.438. The number of nitriles is 1. The van der Waals surface area contributed by atoms with Crippen LogP contribution in [0.25, 0.3) is 10.9 Å². The molecule has 0 aliphatic heterocycles. The molecule has 2 nitrogen and oxygen atoms in total. The maximum absolute atomic E-state index is 8.99. The molecule has 92 valence electrons. The van der Waals surface area contributed by atoms with E-state index in [-0.39, 0.29) is 0 Å². The second-order valence-corrected chi connectivity index (χ2v) is 5.20. The molecule has 1 unspecified atom stereocenters. The van der Waals surface area contributed by atoms with Gasteiger partial charge in [-0.3, -0.25) is 0 Å². The van der Waals surface area contributed by atoms with E-state index in [2.05, 4.69) is 36.2 Å². The number of H-pyrrole nitrogens is 1. The van der Waals surface area contributed by atoms with Crippen molar-refractivity contribution >= 4 is 10.9 Å². The van der Waals surface area contributed by atoms with E-state index in [0.29, 0.717) is 12.3 Å². The van der Waals surface area contributed by atoms with Crippen LogP contribution in [0.3, 0.4) is 0 Å². The van der Waals surface area contributed by atoms with Gasteiger partial charge in [-0.25, -0.2) is 0 Å². The highest BCUT2D eigenvalue weighted by Crippen LogP contribution is 2.39. The molecule has 0 saturated carbocycles. The summed E-state index contributed by atoms with van der Waals surface area (Å²) in [5.41, 5.74) is 5.41. The Morgan fingerprint density at radius 1 is 1.44 bits per heavy atom. The highest BCUT2D eigenvalue weighted by molar-refractivity contribution is 5.86. The normalized spacial score (nSPS) is 18.6. The molecule has 1 N–H and O–H groups in total. The number of aromatic amines is 1. The minimum atomic E-state index is 0.430. The Morgan fingerprint density at radius 3 is 3.11 bits per heavy atom. The molecule has 1 atom stereocenters.